The summed E-state index contributed by atoms with van der Waals surface area (Å²) in [4.78, 5) is 1.15. The zero-order chi connectivity index (χ0) is 15.5. The van der Waals surface area contributed by atoms with E-state index in [4.69, 9.17) is 0 Å². The van der Waals surface area contributed by atoms with E-state index >= 15 is 0 Å². The van der Waals surface area contributed by atoms with Gasteiger partial charge in [0, 0.05) is 25.8 Å². The van der Waals surface area contributed by atoms with Crippen molar-refractivity contribution in [2.24, 2.45) is 0 Å². The van der Waals surface area contributed by atoms with Crippen LogP contribution in [0.15, 0.2) is 35.9 Å². The molecule has 0 saturated heterocycles. The van der Waals surface area contributed by atoms with Gasteiger partial charge >= 0.3 is 10.2 Å². The van der Waals surface area contributed by atoms with Gasteiger partial charge in [0.25, 0.3) is 0 Å². The second-order valence-electron chi connectivity index (χ2n) is 4.44. The number of hydrogen-bond acceptors (Lipinski definition) is 2. The molecule has 0 aromatic carbocycles. The van der Waals surface area contributed by atoms with Crippen molar-refractivity contribution in [3.63, 3.8) is 0 Å². The molecule has 0 aliphatic carbocycles. The lowest BCUT2D eigenvalue weighted by Gasteiger charge is -2.41. The first-order chi connectivity index (χ1) is 8.17. The van der Waals surface area contributed by atoms with E-state index in [0.29, 0.717) is 19.2 Å². The minimum Gasteiger partial charge on any atom is -0.374 e. The molecule has 8 heteroatoms. The van der Waals surface area contributed by atoms with Gasteiger partial charge in [-0.15, -0.1) is 0 Å². The van der Waals surface area contributed by atoms with Gasteiger partial charge < -0.3 is 9.80 Å². The maximum Gasteiger partial charge on any atom is 0.310 e. The number of hydrogen-bond donors (Lipinski definition) is 0. The van der Waals surface area contributed by atoms with E-state index in [1.807, 2.05) is 4.90 Å². The first-order valence-electron chi connectivity index (χ1n) is 5.30. The summed E-state index contributed by atoms with van der Waals surface area (Å²) < 4.78 is 63.1. The predicted molar refractivity (Wildman–Crippen MR) is 71.7 cm³/mol. The van der Waals surface area contributed by atoms with Crippen LogP contribution in [0.3, 0.4) is 0 Å². The normalized spacial score (nSPS) is 16.8. The first-order valence-corrected chi connectivity index (χ1v) is 7.25. The molecule has 0 N–H and O–H groups in total. The summed E-state index contributed by atoms with van der Waals surface area (Å²) in [7, 11) is -4.64. The van der Waals surface area contributed by atoms with E-state index < -0.39 is 15.1 Å². The van der Waals surface area contributed by atoms with Crippen molar-refractivity contribution in [1.82, 2.24) is 9.80 Å². The van der Waals surface area contributed by atoms with Gasteiger partial charge in [-0.3, -0.25) is 0 Å². The highest BCUT2D eigenvalue weighted by Crippen LogP contribution is 3.02. The zero-order valence-corrected chi connectivity index (χ0v) is 12.0. The number of allylic oxidation sites excluding steroid dienone is 2. The molecule has 0 fully saturated rings. The third kappa shape index (κ3) is 6.63. The minimum absolute atomic E-state index is 0.118. The smallest absolute Gasteiger partial charge is 0.310 e. The Kier molecular flexibility index (Phi) is 4.57. The van der Waals surface area contributed by atoms with Crippen LogP contribution >= 0.6 is 10.2 Å². The van der Waals surface area contributed by atoms with Crippen LogP contribution in [0.4, 0.5) is 19.4 Å². The molecule has 0 radical (unpaired) electrons. The molecule has 0 rings (SSSR count). The van der Waals surface area contributed by atoms with Gasteiger partial charge in [-0.05, 0) is 26.2 Å². The van der Waals surface area contributed by atoms with Crippen molar-refractivity contribution < 1.29 is 19.4 Å². The van der Waals surface area contributed by atoms with Gasteiger partial charge in [0.1, 0.15) is 4.91 Å². The fourth-order valence-corrected chi connectivity index (χ4v) is 1.77. The lowest BCUT2D eigenvalue weighted by Crippen LogP contribution is -2.27. The molecule has 0 aromatic rings. The van der Waals surface area contributed by atoms with Crippen LogP contribution < -0.4 is 0 Å². The molecule has 0 atom stereocenters. The topological polar surface area (TPSA) is 6.48 Å². The highest BCUT2D eigenvalue weighted by atomic mass is 32.5. The number of halogens is 5. The molecule has 0 heterocycles. The summed E-state index contributed by atoms with van der Waals surface area (Å²) in [6, 6.07) is 0. The lowest BCUT2D eigenvalue weighted by molar-refractivity contribution is 0.331. The Morgan fingerprint density at radius 1 is 1.05 bits per heavy atom. The maximum absolute atomic E-state index is 12.6. The minimum atomic E-state index is -9.70. The van der Waals surface area contributed by atoms with E-state index in [2.05, 4.69) is 13.2 Å². The summed E-state index contributed by atoms with van der Waals surface area (Å²) in [6.07, 6.45) is 0.441. The lowest BCUT2D eigenvalue weighted by atomic mass is 10.3. The number of rotatable bonds is 7. The fraction of sp³-hybridized carbons (Fsp3) is 0.455. The Morgan fingerprint density at radius 2 is 1.53 bits per heavy atom. The van der Waals surface area contributed by atoms with Gasteiger partial charge in [-0.25, -0.2) is 0 Å². The molecular formula is C11H19F5N2S. The van der Waals surface area contributed by atoms with Crippen LogP contribution in [0.2, 0.25) is 0 Å². The molecule has 0 amide bonds. The molecule has 0 aliphatic rings. The highest BCUT2D eigenvalue weighted by Gasteiger charge is 2.66. The Balaban J connectivity index is 5.13. The number of nitrogens with zero attached hydrogens (tertiary/aromatic N) is 2. The van der Waals surface area contributed by atoms with Crippen LogP contribution in [-0.4, -0.2) is 44.0 Å². The van der Waals surface area contributed by atoms with Gasteiger partial charge in [0.15, 0.2) is 0 Å². The Hall–Kier alpha value is -1.02. The molecule has 0 bridgehead atoms. The molecule has 0 unspecified atom stereocenters. The van der Waals surface area contributed by atoms with Crippen LogP contribution in [-0.2, 0) is 0 Å². The van der Waals surface area contributed by atoms with E-state index in [-0.39, 0.29) is 11.8 Å². The van der Waals surface area contributed by atoms with Crippen molar-refractivity contribution in [2.45, 2.75) is 0 Å². The second-order valence-corrected chi connectivity index (χ2v) is 6.85. The van der Waals surface area contributed by atoms with Crippen LogP contribution in [0.25, 0.3) is 0 Å². The van der Waals surface area contributed by atoms with Gasteiger partial charge in [-0.2, -0.15) is 0 Å². The predicted octanol–water partition coefficient (Wildman–Crippen LogP) is 4.36. The Labute approximate surface area is 110 Å². The van der Waals surface area contributed by atoms with Crippen LogP contribution in [0.5, 0.6) is 0 Å². The van der Waals surface area contributed by atoms with Crippen LogP contribution in [0, 0.1) is 0 Å². The van der Waals surface area contributed by atoms with E-state index in [1.54, 1.807) is 14.1 Å². The highest BCUT2D eigenvalue weighted by molar-refractivity contribution is 8.48. The maximum atomic E-state index is 12.6. The van der Waals surface area contributed by atoms with Crippen molar-refractivity contribution in [3.8, 4) is 0 Å². The SMILES string of the molecule is C=C/C(=C\C(=C)N(C)CCN(C)C)S(F)(F)(F)(F)F. The quantitative estimate of drug-likeness (QED) is 0.509. The van der Waals surface area contributed by atoms with E-state index in [0.717, 1.165) is 0 Å². The van der Waals surface area contributed by atoms with Crippen molar-refractivity contribution in [2.75, 3.05) is 34.2 Å². The van der Waals surface area contributed by atoms with Gasteiger partial charge in [-0.1, -0.05) is 32.6 Å². The molecule has 2 nitrogen and oxygen atoms in total. The van der Waals surface area contributed by atoms with Gasteiger partial charge in [0.05, 0.1) is 0 Å². The summed E-state index contributed by atoms with van der Waals surface area (Å²) in [5, 5.41) is 0. The summed E-state index contributed by atoms with van der Waals surface area (Å²) in [5.74, 6) is 0. The summed E-state index contributed by atoms with van der Waals surface area (Å²) >= 11 is 0. The monoisotopic (exact) mass is 306 g/mol. The Morgan fingerprint density at radius 3 is 1.84 bits per heavy atom. The molecule has 114 valence electrons. The Bertz CT molecular complexity index is 396. The summed E-state index contributed by atoms with van der Waals surface area (Å²) in [5.41, 5.74) is -0.148. The zero-order valence-electron chi connectivity index (χ0n) is 11.2. The third-order valence-corrected chi connectivity index (χ3v) is 3.50. The van der Waals surface area contributed by atoms with Crippen LogP contribution in [0.1, 0.15) is 0 Å². The fourth-order valence-electron chi connectivity index (χ4n) is 1.10. The standard InChI is InChI=1S/C11H19F5N2S/c1-6-11(19(12,13,14,15)16)9-10(2)18(5)8-7-17(3)4/h6,9H,1-2,7-8H2,3-5H3/b11-9+. The second kappa shape index (κ2) is 4.82. The molecule has 0 spiro atoms. The van der Waals surface area contributed by atoms with E-state index in [1.165, 1.54) is 11.9 Å². The molecule has 0 aromatic heterocycles. The van der Waals surface area contributed by atoms with E-state index in [9.17, 15) is 19.4 Å². The molecule has 0 aliphatic heterocycles. The van der Waals surface area contributed by atoms with Crippen molar-refractivity contribution in [3.05, 3.63) is 35.9 Å². The molecule has 19 heavy (non-hydrogen) atoms. The average Bonchev–Trinajstić information content (AvgIpc) is 2.17. The molecular weight excluding hydrogens is 287 g/mol. The summed E-state index contributed by atoms with van der Waals surface area (Å²) in [6.45, 7) is 7.09. The first kappa shape index (κ1) is 18.0. The molecule has 0 saturated carbocycles. The van der Waals surface area contributed by atoms with Gasteiger partial charge in [0.2, 0.25) is 0 Å². The average molecular weight is 306 g/mol. The number of likely N-dealkylation sites (N-methyl/N-ethyl adjacent to an activating group) is 2. The largest absolute Gasteiger partial charge is 0.374 e. The third-order valence-electron chi connectivity index (χ3n) is 2.33. The van der Waals surface area contributed by atoms with Crippen molar-refractivity contribution in [1.29, 1.82) is 0 Å². The van der Waals surface area contributed by atoms with Crippen molar-refractivity contribution >= 4 is 10.2 Å².